The normalized spacial score (nSPS) is 11.7. The van der Waals surface area contributed by atoms with Gasteiger partial charge in [0.05, 0.1) is 0 Å². The standard InChI is InChI=1S/C18H21F/c1-12-7-6-8-14(11-12)15-9-10-16(19)17(13(15)2)18(3,4)5/h6-11H,1-5H3. The van der Waals surface area contributed by atoms with E-state index in [9.17, 15) is 4.39 Å². The topological polar surface area (TPSA) is 0 Å². The highest BCUT2D eigenvalue weighted by Crippen LogP contribution is 2.34. The van der Waals surface area contributed by atoms with Crippen molar-refractivity contribution in [2.24, 2.45) is 0 Å². The summed E-state index contributed by atoms with van der Waals surface area (Å²) in [7, 11) is 0. The van der Waals surface area contributed by atoms with Crippen molar-refractivity contribution in [1.29, 1.82) is 0 Å². The second kappa shape index (κ2) is 4.80. The van der Waals surface area contributed by atoms with E-state index in [1.807, 2.05) is 19.1 Å². The molecular formula is C18H21F. The molecule has 0 heterocycles. The highest BCUT2D eigenvalue weighted by Gasteiger charge is 2.22. The number of hydrogen-bond donors (Lipinski definition) is 0. The second-order valence-electron chi connectivity index (χ2n) is 6.21. The first-order valence-corrected chi connectivity index (χ1v) is 6.67. The number of aryl methyl sites for hydroxylation is 1. The summed E-state index contributed by atoms with van der Waals surface area (Å²) in [4.78, 5) is 0. The minimum atomic E-state index is -0.187. The third-order valence-electron chi connectivity index (χ3n) is 3.49. The largest absolute Gasteiger partial charge is 0.207 e. The van der Waals surface area contributed by atoms with Crippen molar-refractivity contribution in [1.82, 2.24) is 0 Å². The van der Waals surface area contributed by atoms with Gasteiger partial charge in [0.1, 0.15) is 5.82 Å². The molecule has 2 rings (SSSR count). The average Bonchev–Trinajstić information content (AvgIpc) is 2.27. The Labute approximate surface area is 115 Å². The molecule has 0 aromatic heterocycles. The van der Waals surface area contributed by atoms with Crippen LogP contribution in [0.1, 0.15) is 37.5 Å². The summed E-state index contributed by atoms with van der Waals surface area (Å²) in [6, 6.07) is 11.8. The minimum absolute atomic E-state index is 0.110. The Hall–Kier alpha value is -1.63. The summed E-state index contributed by atoms with van der Waals surface area (Å²) in [5, 5.41) is 0. The summed E-state index contributed by atoms with van der Waals surface area (Å²) in [6.45, 7) is 10.3. The summed E-state index contributed by atoms with van der Waals surface area (Å²) in [6.07, 6.45) is 0. The fourth-order valence-corrected chi connectivity index (χ4v) is 2.72. The van der Waals surface area contributed by atoms with Gasteiger partial charge >= 0.3 is 0 Å². The molecule has 0 amide bonds. The van der Waals surface area contributed by atoms with Crippen LogP contribution in [0.4, 0.5) is 4.39 Å². The van der Waals surface area contributed by atoms with Crippen molar-refractivity contribution in [3.05, 3.63) is 58.9 Å². The van der Waals surface area contributed by atoms with Crippen LogP contribution in [0, 0.1) is 19.7 Å². The maximum absolute atomic E-state index is 14.1. The summed E-state index contributed by atoms with van der Waals surface area (Å²) in [5.74, 6) is -0.110. The Morgan fingerprint density at radius 2 is 1.63 bits per heavy atom. The molecule has 0 bridgehead atoms. The lowest BCUT2D eigenvalue weighted by atomic mass is 9.81. The molecule has 0 unspecified atom stereocenters. The number of halogens is 1. The lowest BCUT2D eigenvalue weighted by Gasteiger charge is -2.24. The van der Waals surface area contributed by atoms with Crippen molar-refractivity contribution >= 4 is 0 Å². The molecule has 0 N–H and O–H groups in total. The fraction of sp³-hybridized carbons (Fsp3) is 0.333. The van der Waals surface area contributed by atoms with Gasteiger partial charge in [-0.3, -0.25) is 0 Å². The highest BCUT2D eigenvalue weighted by molar-refractivity contribution is 5.69. The van der Waals surface area contributed by atoms with E-state index in [1.54, 1.807) is 6.07 Å². The lowest BCUT2D eigenvalue weighted by Crippen LogP contribution is -2.16. The van der Waals surface area contributed by atoms with Crippen LogP contribution in [0.5, 0.6) is 0 Å². The predicted molar refractivity (Wildman–Crippen MR) is 80.0 cm³/mol. The highest BCUT2D eigenvalue weighted by atomic mass is 19.1. The van der Waals surface area contributed by atoms with E-state index < -0.39 is 0 Å². The Balaban J connectivity index is 2.67. The zero-order valence-corrected chi connectivity index (χ0v) is 12.3. The van der Waals surface area contributed by atoms with Gasteiger partial charge < -0.3 is 0 Å². The van der Waals surface area contributed by atoms with Gasteiger partial charge in [-0.2, -0.15) is 0 Å². The molecule has 0 radical (unpaired) electrons. The number of hydrogen-bond acceptors (Lipinski definition) is 0. The SMILES string of the molecule is Cc1cccc(-c2ccc(F)c(C(C)(C)C)c2C)c1. The van der Waals surface area contributed by atoms with Crippen LogP contribution in [-0.2, 0) is 5.41 Å². The van der Waals surface area contributed by atoms with E-state index in [1.165, 1.54) is 5.56 Å². The summed E-state index contributed by atoms with van der Waals surface area (Å²) in [5.41, 5.74) is 5.16. The van der Waals surface area contributed by atoms with Gasteiger partial charge in [0, 0.05) is 0 Å². The Bertz CT molecular complexity index is 604. The van der Waals surface area contributed by atoms with Gasteiger partial charge in [-0.05, 0) is 47.6 Å². The van der Waals surface area contributed by atoms with Crippen LogP contribution in [0.3, 0.4) is 0 Å². The smallest absolute Gasteiger partial charge is 0.127 e. The molecule has 0 saturated heterocycles. The predicted octanol–water partition coefficient (Wildman–Crippen LogP) is 5.41. The van der Waals surface area contributed by atoms with Gasteiger partial charge in [-0.1, -0.05) is 56.7 Å². The molecular weight excluding hydrogens is 235 g/mol. The maximum atomic E-state index is 14.1. The van der Waals surface area contributed by atoms with Crippen LogP contribution in [0.25, 0.3) is 11.1 Å². The first-order valence-electron chi connectivity index (χ1n) is 6.67. The fourth-order valence-electron chi connectivity index (χ4n) is 2.72. The molecule has 2 aromatic carbocycles. The summed E-state index contributed by atoms with van der Waals surface area (Å²) < 4.78 is 14.1. The van der Waals surface area contributed by atoms with Crippen LogP contribution >= 0.6 is 0 Å². The van der Waals surface area contributed by atoms with Gasteiger partial charge in [0.15, 0.2) is 0 Å². The van der Waals surface area contributed by atoms with Crippen LogP contribution < -0.4 is 0 Å². The number of benzene rings is 2. The lowest BCUT2D eigenvalue weighted by molar-refractivity contribution is 0.519. The van der Waals surface area contributed by atoms with Crippen LogP contribution in [0.15, 0.2) is 36.4 Å². The monoisotopic (exact) mass is 256 g/mol. The van der Waals surface area contributed by atoms with E-state index in [0.717, 1.165) is 22.3 Å². The first-order chi connectivity index (χ1) is 8.80. The molecule has 0 aliphatic rings. The molecule has 0 aliphatic carbocycles. The molecule has 0 nitrogen and oxygen atoms in total. The zero-order valence-electron chi connectivity index (χ0n) is 12.3. The number of rotatable bonds is 1. The van der Waals surface area contributed by atoms with E-state index in [-0.39, 0.29) is 11.2 Å². The zero-order chi connectivity index (χ0) is 14.2. The van der Waals surface area contributed by atoms with E-state index >= 15 is 0 Å². The maximum Gasteiger partial charge on any atom is 0.127 e. The van der Waals surface area contributed by atoms with Gasteiger partial charge in [-0.25, -0.2) is 4.39 Å². The second-order valence-corrected chi connectivity index (χ2v) is 6.21. The average molecular weight is 256 g/mol. The third kappa shape index (κ3) is 2.70. The Kier molecular flexibility index (Phi) is 3.49. The molecule has 2 aromatic rings. The van der Waals surface area contributed by atoms with Crippen molar-refractivity contribution < 1.29 is 4.39 Å². The van der Waals surface area contributed by atoms with Crippen LogP contribution in [0.2, 0.25) is 0 Å². The van der Waals surface area contributed by atoms with E-state index in [4.69, 9.17) is 0 Å². The van der Waals surface area contributed by atoms with Crippen molar-refractivity contribution in [3.63, 3.8) is 0 Å². The quantitative estimate of drug-likeness (QED) is 0.640. The van der Waals surface area contributed by atoms with Crippen molar-refractivity contribution in [2.75, 3.05) is 0 Å². The van der Waals surface area contributed by atoms with Crippen molar-refractivity contribution in [2.45, 2.75) is 40.0 Å². The Morgan fingerprint density at radius 3 is 2.21 bits per heavy atom. The molecule has 0 atom stereocenters. The minimum Gasteiger partial charge on any atom is -0.207 e. The molecule has 1 heteroatoms. The summed E-state index contributed by atoms with van der Waals surface area (Å²) >= 11 is 0. The van der Waals surface area contributed by atoms with E-state index in [2.05, 4.69) is 45.9 Å². The molecule has 0 aliphatic heterocycles. The molecule has 0 fully saturated rings. The van der Waals surface area contributed by atoms with Gasteiger partial charge in [0.2, 0.25) is 0 Å². The van der Waals surface area contributed by atoms with Crippen LogP contribution in [-0.4, -0.2) is 0 Å². The Morgan fingerprint density at radius 1 is 0.947 bits per heavy atom. The van der Waals surface area contributed by atoms with Gasteiger partial charge in [-0.15, -0.1) is 0 Å². The van der Waals surface area contributed by atoms with Gasteiger partial charge in [0.25, 0.3) is 0 Å². The molecule has 100 valence electrons. The van der Waals surface area contributed by atoms with Crippen molar-refractivity contribution in [3.8, 4) is 11.1 Å². The molecule has 19 heavy (non-hydrogen) atoms. The molecule has 0 spiro atoms. The third-order valence-corrected chi connectivity index (χ3v) is 3.49. The first kappa shape index (κ1) is 13.8. The van der Waals surface area contributed by atoms with E-state index in [0.29, 0.717) is 0 Å². The molecule has 0 saturated carbocycles.